The Morgan fingerprint density at radius 3 is 2.65 bits per heavy atom. The number of aliphatic hydroxyl groups is 1. The molecule has 96 valence electrons. The van der Waals surface area contributed by atoms with Crippen molar-refractivity contribution in [2.45, 2.75) is 44.9 Å². The summed E-state index contributed by atoms with van der Waals surface area (Å²) in [4.78, 5) is 4.41. The fourth-order valence-electron chi connectivity index (χ4n) is 1.41. The molecule has 0 saturated heterocycles. The minimum absolute atomic E-state index is 0.161. The topological polar surface area (TPSA) is 42.4 Å². The Balaban J connectivity index is 2.39. The number of ether oxygens (including phenoxy) is 1. The number of hydrogen-bond donors (Lipinski definition) is 1. The van der Waals surface area contributed by atoms with Crippen LogP contribution in [0.2, 0.25) is 0 Å². The molecule has 1 rings (SSSR count). The number of aliphatic hydroxyl groups excluding tert-OH is 1. The Hall–Kier alpha value is -0.580. The number of thioether (sulfide) groups is 1. The van der Waals surface area contributed by atoms with Crippen LogP contribution in [-0.2, 0) is 4.74 Å². The number of rotatable bonds is 6. The van der Waals surface area contributed by atoms with Gasteiger partial charge in [0.25, 0.3) is 0 Å². The number of aryl methyl sites for hydroxylation is 2. The summed E-state index contributed by atoms with van der Waals surface area (Å²) in [6, 6.07) is 4.08. The molecule has 0 spiro atoms. The largest absolute Gasteiger partial charge is 0.390 e. The normalized spacial score (nSPS) is 13.1. The molecule has 0 fully saturated rings. The summed E-state index contributed by atoms with van der Waals surface area (Å²) in [6.45, 7) is 8.35. The molecular formula is C13H21NO2S. The molecular weight excluding hydrogens is 234 g/mol. The van der Waals surface area contributed by atoms with Crippen molar-refractivity contribution in [3.05, 3.63) is 23.4 Å². The zero-order valence-corrected chi connectivity index (χ0v) is 11.8. The molecule has 0 aromatic carbocycles. The van der Waals surface area contributed by atoms with Crippen molar-refractivity contribution >= 4 is 11.8 Å². The first-order valence-corrected chi connectivity index (χ1v) is 6.83. The Morgan fingerprint density at radius 2 is 2.06 bits per heavy atom. The van der Waals surface area contributed by atoms with E-state index >= 15 is 0 Å². The van der Waals surface area contributed by atoms with Crippen molar-refractivity contribution in [3.8, 4) is 0 Å². The van der Waals surface area contributed by atoms with Crippen LogP contribution in [0.25, 0.3) is 0 Å². The molecule has 1 unspecified atom stereocenters. The van der Waals surface area contributed by atoms with E-state index in [0.29, 0.717) is 12.4 Å². The molecule has 1 N–H and O–H groups in total. The van der Waals surface area contributed by atoms with Crippen molar-refractivity contribution < 1.29 is 9.84 Å². The van der Waals surface area contributed by atoms with Gasteiger partial charge in [0.05, 0.1) is 23.8 Å². The van der Waals surface area contributed by atoms with Gasteiger partial charge in [0.2, 0.25) is 0 Å². The smallest absolute Gasteiger partial charge is 0.0966 e. The quantitative estimate of drug-likeness (QED) is 0.793. The highest BCUT2D eigenvalue weighted by Gasteiger charge is 2.07. The highest BCUT2D eigenvalue weighted by atomic mass is 32.2. The second-order valence-electron chi connectivity index (χ2n) is 4.47. The summed E-state index contributed by atoms with van der Waals surface area (Å²) in [5.74, 6) is 0.614. The molecule has 1 heterocycles. The van der Waals surface area contributed by atoms with Gasteiger partial charge in [-0.25, -0.2) is 4.98 Å². The lowest BCUT2D eigenvalue weighted by atomic mass is 10.3. The fraction of sp³-hybridized carbons (Fsp3) is 0.615. The molecule has 0 aliphatic heterocycles. The number of hydrogen-bond acceptors (Lipinski definition) is 4. The van der Waals surface area contributed by atoms with Gasteiger partial charge >= 0.3 is 0 Å². The lowest BCUT2D eigenvalue weighted by Crippen LogP contribution is -2.20. The van der Waals surface area contributed by atoms with Gasteiger partial charge in [-0.1, -0.05) is 0 Å². The second kappa shape index (κ2) is 6.99. The summed E-state index contributed by atoms with van der Waals surface area (Å²) in [6.07, 6.45) is -0.279. The maximum absolute atomic E-state index is 9.72. The van der Waals surface area contributed by atoms with Crippen molar-refractivity contribution in [2.75, 3.05) is 12.4 Å². The first-order valence-electron chi connectivity index (χ1n) is 5.85. The first-order chi connectivity index (χ1) is 7.97. The molecule has 3 nitrogen and oxygen atoms in total. The molecule has 0 saturated carbocycles. The molecule has 0 bridgehead atoms. The third-order valence-corrected chi connectivity index (χ3v) is 3.18. The molecule has 0 amide bonds. The first kappa shape index (κ1) is 14.5. The Labute approximate surface area is 108 Å². The van der Waals surface area contributed by atoms with Crippen LogP contribution in [0.5, 0.6) is 0 Å². The van der Waals surface area contributed by atoms with E-state index in [1.807, 2.05) is 32.9 Å². The third kappa shape index (κ3) is 6.05. The van der Waals surface area contributed by atoms with Gasteiger partial charge in [0, 0.05) is 11.4 Å². The van der Waals surface area contributed by atoms with Crippen LogP contribution in [0, 0.1) is 13.8 Å². The number of aromatic nitrogens is 1. The van der Waals surface area contributed by atoms with Crippen molar-refractivity contribution in [1.82, 2.24) is 4.98 Å². The molecule has 1 atom stereocenters. The molecule has 0 radical (unpaired) electrons. The summed E-state index contributed by atoms with van der Waals surface area (Å²) < 4.78 is 5.36. The lowest BCUT2D eigenvalue weighted by molar-refractivity contribution is 0.0152. The molecule has 4 heteroatoms. The van der Waals surface area contributed by atoms with Crippen molar-refractivity contribution in [1.29, 1.82) is 0 Å². The van der Waals surface area contributed by atoms with Crippen LogP contribution in [0.4, 0.5) is 0 Å². The van der Waals surface area contributed by atoms with Crippen LogP contribution in [-0.4, -0.2) is 34.7 Å². The van der Waals surface area contributed by atoms with Crippen molar-refractivity contribution in [3.63, 3.8) is 0 Å². The van der Waals surface area contributed by atoms with Crippen LogP contribution >= 0.6 is 11.8 Å². The van der Waals surface area contributed by atoms with Gasteiger partial charge in [-0.3, -0.25) is 0 Å². The van der Waals surface area contributed by atoms with Gasteiger partial charge in [-0.15, -0.1) is 11.8 Å². The molecule has 1 aromatic rings. The summed E-state index contributed by atoms with van der Waals surface area (Å²) >= 11 is 1.57. The summed E-state index contributed by atoms with van der Waals surface area (Å²) in [7, 11) is 0. The predicted molar refractivity (Wildman–Crippen MR) is 71.5 cm³/mol. The van der Waals surface area contributed by atoms with E-state index in [9.17, 15) is 5.11 Å². The van der Waals surface area contributed by atoms with Crippen LogP contribution in [0.3, 0.4) is 0 Å². The average Bonchev–Trinajstić information content (AvgIpc) is 2.22. The van der Waals surface area contributed by atoms with E-state index in [4.69, 9.17) is 4.74 Å². The third-order valence-electron chi connectivity index (χ3n) is 2.12. The number of pyridine rings is 1. The van der Waals surface area contributed by atoms with E-state index in [1.54, 1.807) is 11.8 Å². The van der Waals surface area contributed by atoms with Gasteiger partial charge in [-0.05, 0) is 45.4 Å². The van der Waals surface area contributed by atoms with Crippen LogP contribution in [0.1, 0.15) is 25.1 Å². The van der Waals surface area contributed by atoms with E-state index in [1.165, 1.54) is 5.56 Å². The fourth-order valence-corrected chi connectivity index (χ4v) is 2.35. The van der Waals surface area contributed by atoms with E-state index < -0.39 is 6.10 Å². The Morgan fingerprint density at radius 1 is 1.35 bits per heavy atom. The Bertz CT molecular complexity index is 335. The van der Waals surface area contributed by atoms with Gasteiger partial charge in [0.15, 0.2) is 0 Å². The van der Waals surface area contributed by atoms with Gasteiger partial charge in [-0.2, -0.15) is 0 Å². The SMILES string of the molecule is Cc1cc(C)nc(SCC(O)COC(C)C)c1. The minimum atomic E-state index is -0.440. The second-order valence-corrected chi connectivity index (χ2v) is 5.51. The van der Waals surface area contributed by atoms with E-state index in [2.05, 4.69) is 11.9 Å². The summed E-state index contributed by atoms with van der Waals surface area (Å²) in [5.41, 5.74) is 2.22. The lowest BCUT2D eigenvalue weighted by Gasteiger charge is -2.13. The van der Waals surface area contributed by atoms with Gasteiger partial charge < -0.3 is 9.84 Å². The van der Waals surface area contributed by atoms with E-state index in [0.717, 1.165) is 10.7 Å². The Kier molecular flexibility index (Phi) is 5.95. The molecule has 0 aliphatic carbocycles. The standard InChI is InChI=1S/C13H21NO2S/c1-9(2)16-7-12(15)8-17-13-6-10(3)5-11(4)14-13/h5-6,9,12,15H,7-8H2,1-4H3. The highest BCUT2D eigenvalue weighted by molar-refractivity contribution is 7.99. The van der Waals surface area contributed by atoms with Crippen LogP contribution in [0.15, 0.2) is 17.2 Å². The molecule has 1 aromatic heterocycles. The zero-order chi connectivity index (χ0) is 12.8. The van der Waals surface area contributed by atoms with E-state index in [-0.39, 0.29) is 6.10 Å². The monoisotopic (exact) mass is 255 g/mol. The highest BCUT2D eigenvalue weighted by Crippen LogP contribution is 2.18. The maximum Gasteiger partial charge on any atom is 0.0966 e. The number of nitrogens with zero attached hydrogens (tertiary/aromatic N) is 1. The van der Waals surface area contributed by atoms with Gasteiger partial charge in [0.1, 0.15) is 0 Å². The summed E-state index contributed by atoms with van der Waals surface area (Å²) in [5, 5.41) is 10.7. The molecule has 17 heavy (non-hydrogen) atoms. The average molecular weight is 255 g/mol. The predicted octanol–water partition coefficient (Wildman–Crippen LogP) is 2.58. The minimum Gasteiger partial charge on any atom is -0.390 e. The van der Waals surface area contributed by atoms with Crippen molar-refractivity contribution in [2.24, 2.45) is 0 Å². The zero-order valence-electron chi connectivity index (χ0n) is 10.9. The molecule has 0 aliphatic rings. The van der Waals surface area contributed by atoms with Crippen LogP contribution < -0.4 is 0 Å². The maximum atomic E-state index is 9.72.